The summed E-state index contributed by atoms with van der Waals surface area (Å²) in [5.41, 5.74) is 10.4. The summed E-state index contributed by atoms with van der Waals surface area (Å²) in [4.78, 5) is 10.9. The molecule has 1 unspecified atom stereocenters. The molecule has 0 saturated heterocycles. The minimum atomic E-state index is -0.711. The number of benzene rings is 2. The highest BCUT2D eigenvalue weighted by atomic mass is 16.5. The van der Waals surface area contributed by atoms with Crippen molar-refractivity contribution in [2.45, 2.75) is 38.8 Å². The molecule has 1 aliphatic rings. The number of rotatable bonds is 6. The Hall–Kier alpha value is -2.33. The number of hydrogen-bond acceptors (Lipinski definition) is 3. The summed E-state index contributed by atoms with van der Waals surface area (Å²) in [6, 6.07) is 14.3. The molecule has 3 rings (SSSR count). The lowest BCUT2D eigenvalue weighted by Crippen LogP contribution is -2.17. The van der Waals surface area contributed by atoms with Gasteiger partial charge in [-0.3, -0.25) is 4.79 Å². The van der Waals surface area contributed by atoms with Crippen molar-refractivity contribution in [3.8, 4) is 5.75 Å². The Bertz CT molecular complexity index is 709. The van der Waals surface area contributed by atoms with Gasteiger partial charge in [0.1, 0.15) is 12.4 Å². The van der Waals surface area contributed by atoms with Gasteiger partial charge >= 0.3 is 5.97 Å². The van der Waals surface area contributed by atoms with Gasteiger partial charge in [-0.2, -0.15) is 0 Å². The van der Waals surface area contributed by atoms with Gasteiger partial charge in [-0.05, 0) is 59.6 Å². The molecule has 0 fully saturated rings. The highest BCUT2D eigenvalue weighted by Crippen LogP contribution is 2.30. The molecule has 0 saturated carbocycles. The van der Waals surface area contributed by atoms with E-state index in [2.05, 4.69) is 12.1 Å². The number of fused-ring (bicyclic) bond motifs is 1. The maximum atomic E-state index is 10.9. The standard InChI is InChI=1S/C20H23NO3/c21-12-14-1-3-15(4-2-14)13-24-19-8-7-17-6-5-16(10-20(22)23)9-18(17)11-19/h1-4,7-8,11,16H,5-6,9-10,12-13,21H2,(H,22,23). The van der Waals surface area contributed by atoms with Crippen molar-refractivity contribution in [1.29, 1.82) is 0 Å². The van der Waals surface area contributed by atoms with Crippen molar-refractivity contribution in [3.05, 3.63) is 64.7 Å². The largest absolute Gasteiger partial charge is 0.489 e. The van der Waals surface area contributed by atoms with Gasteiger partial charge in [-0.1, -0.05) is 30.3 Å². The van der Waals surface area contributed by atoms with Crippen molar-refractivity contribution >= 4 is 5.97 Å². The van der Waals surface area contributed by atoms with Crippen LogP contribution >= 0.6 is 0 Å². The quantitative estimate of drug-likeness (QED) is 0.855. The molecule has 0 heterocycles. The van der Waals surface area contributed by atoms with Crippen LogP contribution in [0.4, 0.5) is 0 Å². The molecule has 24 heavy (non-hydrogen) atoms. The van der Waals surface area contributed by atoms with Crippen LogP contribution in [0.1, 0.15) is 35.1 Å². The summed E-state index contributed by atoms with van der Waals surface area (Å²) in [6.45, 7) is 1.06. The average Bonchev–Trinajstić information content (AvgIpc) is 2.59. The third-order valence-corrected chi connectivity index (χ3v) is 4.64. The second-order valence-corrected chi connectivity index (χ2v) is 6.45. The van der Waals surface area contributed by atoms with Crippen LogP contribution in [0.25, 0.3) is 0 Å². The predicted molar refractivity (Wildman–Crippen MR) is 92.9 cm³/mol. The van der Waals surface area contributed by atoms with E-state index in [1.54, 1.807) is 0 Å². The Kier molecular flexibility index (Phi) is 5.16. The zero-order chi connectivity index (χ0) is 16.9. The number of carbonyl (C=O) groups is 1. The molecule has 126 valence electrons. The van der Waals surface area contributed by atoms with Crippen LogP contribution in [0.2, 0.25) is 0 Å². The SMILES string of the molecule is NCc1ccc(COc2ccc3c(c2)CC(CC(=O)O)CC3)cc1. The first kappa shape index (κ1) is 16.5. The summed E-state index contributed by atoms with van der Waals surface area (Å²) in [5, 5.41) is 8.98. The Morgan fingerprint density at radius 3 is 2.58 bits per heavy atom. The number of carboxylic acids is 1. The Morgan fingerprint density at radius 1 is 1.12 bits per heavy atom. The number of nitrogens with two attached hydrogens (primary N) is 1. The Labute approximate surface area is 142 Å². The second-order valence-electron chi connectivity index (χ2n) is 6.45. The predicted octanol–water partition coefficient (Wildman–Crippen LogP) is 3.30. The first-order chi connectivity index (χ1) is 11.6. The fraction of sp³-hybridized carbons (Fsp3) is 0.350. The smallest absolute Gasteiger partial charge is 0.303 e. The minimum Gasteiger partial charge on any atom is -0.489 e. The van der Waals surface area contributed by atoms with E-state index in [-0.39, 0.29) is 12.3 Å². The summed E-state index contributed by atoms with van der Waals surface area (Å²) in [6.07, 6.45) is 2.98. The molecular formula is C20H23NO3. The molecule has 4 heteroatoms. The average molecular weight is 325 g/mol. The van der Waals surface area contributed by atoms with Crippen LogP contribution in [0.5, 0.6) is 5.75 Å². The summed E-state index contributed by atoms with van der Waals surface area (Å²) in [5.74, 6) is 0.360. The van der Waals surface area contributed by atoms with E-state index < -0.39 is 5.97 Å². The highest BCUT2D eigenvalue weighted by Gasteiger charge is 2.21. The van der Waals surface area contributed by atoms with E-state index in [4.69, 9.17) is 15.6 Å². The van der Waals surface area contributed by atoms with Crippen LogP contribution in [-0.2, 0) is 30.8 Å². The summed E-state index contributed by atoms with van der Waals surface area (Å²) < 4.78 is 5.90. The third kappa shape index (κ3) is 4.15. The number of aliphatic carboxylic acids is 1. The van der Waals surface area contributed by atoms with E-state index in [0.717, 1.165) is 36.1 Å². The van der Waals surface area contributed by atoms with Gasteiger partial charge in [-0.25, -0.2) is 0 Å². The molecule has 0 bridgehead atoms. The number of ether oxygens (including phenoxy) is 1. The zero-order valence-electron chi connectivity index (χ0n) is 13.7. The number of hydrogen-bond donors (Lipinski definition) is 2. The third-order valence-electron chi connectivity index (χ3n) is 4.64. The van der Waals surface area contributed by atoms with Crippen LogP contribution in [0, 0.1) is 5.92 Å². The molecule has 2 aromatic carbocycles. The number of aryl methyl sites for hydroxylation is 1. The topological polar surface area (TPSA) is 72.5 Å². The van der Waals surface area contributed by atoms with Gasteiger partial charge in [0, 0.05) is 13.0 Å². The van der Waals surface area contributed by atoms with E-state index in [0.29, 0.717) is 13.2 Å². The minimum absolute atomic E-state index is 0.231. The van der Waals surface area contributed by atoms with Crippen LogP contribution < -0.4 is 10.5 Å². The van der Waals surface area contributed by atoms with Gasteiger partial charge in [-0.15, -0.1) is 0 Å². The van der Waals surface area contributed by atoms with Crippen LogP contribution in [-0.4, -0.2) is 11.1 Å². The van der Waals surface area contributed by atoms with Crippen molar-refractivity contribution in [1.82, 2.24) is 0 Å². The normalized spacial score (nSPS) is 16.5. The summed E-state index contributed by atoms with van der Waals surface area (Å²) >= 11 is 0. The molecule has 0 aliphatic heterocycles. The van der Waals surface area contributed by atoms with E-state index in [9.17, 15) is 4.79 Å². The van der Waals surface area contributed by atoms with E-state index in [1.165, 1.54) is 11.1 Å². The molecule has 1 aliphatic carbocycles. The van der Waals surface area contributed by atoms with Gasteiger partial charge in [0.25, 0.3) is 0 Å². The van der Waals surface area contributed by atoms with Gasteiger partial charge in [0.15, 0.2) is 0 Å². The molecule has 3 N–H and O–H groups in total. The van der Waals surface area contributed by atoms with Gasteiger partial charge in [0.2, 0.25) is 0 Å². The lowest BCUT2D eigenvalue weighted by molar-refractivity contribution is -0.138. The Balaban J connectivity index is 1.63. The lowest BCUT2D eigenvalue weighted by atomic mass is 9.82. The van der Waals surface area contributed by atoms with E-state index >= 15 is 0 Å². The second kappa shape index (κ2) is 7.49. The number of carboxylic acid groups (broad SMARTS) is 1. The van der Waals surface area contributed by atoms with Crippen molar-refractivity contribution < 1.29 is 14.6 Å². The molecule has 0 spiro atoms. The fourth-order valence-electron chi connectivity index (χ4n) is 3.26. The molecule has 0 aromatic heterocycles. The van der Waals surface area contributed by atoms with Crippen molar-refractivity contribution in [3.63, 3.8) is 0 Å². The van der Waals surface area contributed by atoms with E-state index in [1.807, 2.05) is 30.3 Å². The first-order valence-corrected chi connectivity index (χ1v) is 8.38. The molecule has 0 amide bonds. The summed E-state index contributed by atoms with van der Waals surface area (Å²) in [7, 11) is 0. The molecule has 2 aromatic rings. The van der Waals surface area contributed by atoms with Gasteiger partial charge < -0.3 is 15.6 Å². The maximum Gasteiger partial charge on any atom is 0.303 e. The first-order valence-electron chi connectivity index (χ1n) is 8.38. The molecular weight excluding hydrogens is 302 g/mol. The fourth-order valence-corrected chi connectivity index (χ4v) is 3.26. The van der Waals surface area contributed by atoms with Crippen molar-refractivity contribution in [2.24, 2.45) is 11.7 Å². The maximum absolute atomic E-state index is 10.9. The molecule has 0 radical (unpaired) electrons. The lowest BCUT2D eigenvalue weighted by Gasteiger charge is -2.24. The highest BCUT2D eigenvalue weighted by molar-refractivity contribution is 5.67. The molecule has 1 atom stereocenters. The zero-order valence-corrected chi connectivity index (χ0v) is 13.7. The van der Waals surface area contributed by atoms with Gasteiger partial charge in [0.05, 0.1) is 0 Å². The van der Waals surface area contributed by atoms with Crippen LogP contribution in [0.15, 0.2) is 42.5 Å². The van der Waals surface area contributed by atoms with Crippen LogP contribution in [0.3, 0.4) is 0 Å². The Morgan fingerprint density at radius 2 is 1.88 bits per heavy atom. The van der Waals surface area contributed by atoms with Crippen molar-refractivity contribution in [2.75, 3.05) is 0 Å². The monoisotopic (exact) mass is 325 g/mol. The molecule has 4 nitrogen and oxygen atoms in total.